The average Bonchev–Trinajstić information content (AvgIpc) is 2.63. The van der Waals surface area contributed by atoms with E-state index in [9.17, 15) is 14.3 Å². The molecule has 0 bridgehead atoms. The number of hydrogen-bond donors (Lipinski definition) is 2. The van der Waals surface area contributed by atoms with Crippen LogP contribution < -0.4 is 5.32 Å². The Morgan fingerprint density at radius 3 is 2.16 bits per heavy atom. The summed E-state index contributed by atoms with van der Waals surface area (Å²) >= 11 is 0. The topological polar surface area (TPSA) is 58.6 Å². The molecule has 0 saturated carbocycles. The number of ether oxygens (including phenoxy) is 1. The lowest BCUT2D eigenvalue weighted by Gasteiger charge is -2.31. The lowest BCUT2D eigenvalue weighted by molar-refractivity contribution is -0.150. The Hall–Kier alpha value is -2.24. The highest BCUT2D eigenvalue weighted by atomic mass is 19.1. The summed E-state index contributed by atoms with van der Waals surface area (Å²) in [6.45, 7) is 2.67. The fraction of sp³-hybridized carbons (Fsp3) is 0.350. The van der Waals surface area contributed by atoms with Crippen LogP contribution in [0.15, 0.2) is 48.5 Å². The maximum atomic E-state index is 13.0. The van der Waals surface area contributed by atoms with Gasteiger partial charge in [-0.1, -0.05) is 36.4 Å². The molecule has 1 heterocycles. The molecule has 1 amide bonds. The van der Waals surface area contributed by atoms with Crippen molar-refractivity contribution in [2.75, 3.05) is 13.2 Å². The molecule has 2 N–H and O–H groups in total. The lowest BCUT2D eigenvalue weighted by atomic mass is 9.92. The van der Waals surface area contributed by atoms with Crippen LogP contribution in [0.2, 0.25) is 0 Å². The zero-order chi connectivity index (χ0) is 17.9. The summed E-state index contributed by atoms with van der Waals surface area (Å²) in [7, 11) is 0. The van der Waals surface area contributed by atoms with E-state index in [1.165, 1.54) is 12.1 Å². The molecule has 2 aromatic rings. The molecule has 1 atom stereocenters. The Balaban J connectivity index is 1.67. The number of amides is 1. The fourth-order valence-electron chi connectivity index (χ4n) is 2.96. The van der Waals surface area contributed by atoms with Crippen molar-refractivity contribution in [2.24, 2.45) is 0 Å². The van der Waals surface area contributed by atoms with Crippen molar-refractivity contribution in [1.29, 1.82) is 0 Å². The zero-order valence-electron chi connectivity index (χ0n) is 14.2. The molecule has 0 radical (unpaired) electrons. The van der Waals surface area contributed by atoms with Crippen LogP contribution in [0.25, 0.3) is 11.1 Å². The largest absolute Gasteiger partial charge is 0.381 e. The normalized spacial score (nSPS) is 17.7. The van der Waals surface area contributed by atoms with Gasteiger partial charge in [0.05, 0.1) is 6.04 Å². The fourth-order valence-corrected chi connectivity index (χ4v) is 2.96. The molecule has 4 nitrogen and oxygen atoms in total. The smallest absolute Gasteiger partial charge is 0.252 e. The van der Waals surface area contributed by atoms with Gasteiger partial charge in [-0.05, 0) is 35.7 Å². The standard InChI is InChI=1S/C20H22FNO3/c1-14(22-19(23)20(24)10-12-25-13-11-20)15-2-4-16(5-3-15)17-6-8-18(21)9-7-17/h2-9,14,24H,10-13H2,1H3,(H,22,23). The van der Waals surface area contributed by atoms with E-state index in [1.807, 2.05) is 31.2 Å². The highest BCUT2D eigenvalue weighted by Gasteiger charge is 2.38. The predicted octanol–water partition coefficient (Wildman–Crippen LogP) is 3.21. The monoisotopic (exact) mass is 343 g/mol. The predicted molar refractivity (Wildman–Crippen MR) is 93.4 cm³/mol. The summed E-state index contributed by atoms with van der Waals surface area (Å²) in [5.74, 6) is -0.617. The quantitative estimate of drug-likeness (QED) is 0.896. The van der Waals surface area contributed by atoms with E-state index >= 15 is 0 Å². The number of hydrogen-bond acceptors (Lipinski definition) is 3. The van der Waals surface area contributed by atoms with Gasteiger partial charge in [0.1, 0.15) is 11.4 Å². The highest BCUT2D eigenvalue weighted by molar-refractivity contribution is 5.85. The Kier molecular flexibility index (Phi) is 5.16. The van der Waals surface area contributed by atoms with Crippen molar-refractivity contribution < 1.29 is 19.0 Å². The van der Waals surface area contributed by atoms with Crippen molar-refractivity contribution >= 4 is 5.91 Å². The Bertz CT molecular complexity index is 722. The summed E-state index contributed by atoms with van der Waals surface area (Å²) < 4.78 is 18.2. The number of halogens is 1. The minimum atomic E-state index is -1.35. The SMILES string of the molecule is CC(NC(=O)C1(O)CCOCC1)c1ccc(-c2ccc(F)cc2)cc1. The van der Waals surface area contributed by atoms with Crippen LogP contribution in [-0.4, -0.2) is 29.8 Å². The van der Waals surface area contributed by atoms with Crippen LogP contribution in [0.4, 0.5) is 4.39 Å². The van der Waals surface area contributed by atoms with Gasteiger partial charge in [-0.15, -0.1) is 0 Å². The number of carbonyl (C=O) groups excluding carboxylic acids is 1. The summed E-state index contributed by atoms with van der Waals surface area (Å²) in [5.41, 5.74) is 1.50. The minimum Gasteiger partial charge on any atom is -0.381 e. The van der Waals surface area contributed by atoms with E-state index in [-0.39, 0.29) is 17.8 Å². The second-order valence-corrected chi connectivity index (χ2v) is 6.47. The van der Waals surface area contributed by atoms with Crippen LogP contribution in [0, 0.1) is 5.82 Å². The first-order valence-corrected chi connectivity index (χ1v) is 8.45. The first kappa shape index (κ1) is 17.6. The van der Waals surface area contributed by atoms with Gasteiger partial charge < -0.3 is 15.2 Å². The van der Waals surface area contributed by atoms with Crippen molar-refractivity contribution in [2.45, 2.75) is 31.4 Å². The first-order valence-electron chi connectivity index (χ1n) is 8.45. The van der Waals surface area contributed by atoms with E-state index in [2.05, 4.69) is 5.32 Å². The zero-order valence-corrected chi connectivity index (χ0v) is 14.2. The van der Waals surface area contributed by atoms with Crippen LogP contribution in [0.5, 0.6) is 0 Å². The van der Waals surface area contributed by atoms with E-state index in [0.29, 0.717) is 26.1 Å². The second kappa shape index (κ2) is 7.33. The molecule has 1 unspecified atom stereocenters. The number of rotatable bonds is 4. The van der Waals surface area contributed by atoms with Crippen LogP contribution in [0.3, 0.4) is 0 Å². The van der Waals surface area contributed by atoms with E-state index in [4.69, 9.17) is 4.74 Å². The number of aliphatic hydroxyl groups is 1. The molecule has 1 aliphatic rings. The molecule has 1 fully saturated rings. The molecule has 25 heavy (non-hydrogen) atoms. The average molecular weight is 343 g/mol. The molecule has 2 aromatic carbocycles. The Morgan fingerprint density at radius 2 is 1.60 bits per heavy atom. The van der Waals surface area contributed by atoms with Gasteiger partial charge in [-0.3, -0.25) is 4.79 Å². The molecule has 1 saturated heterocycles. The number of carbonyl (C=O) groups is 1. The third-order valence-corrected chi connectivity index (χ3v) is 4.68. The first-order chi connectivity index (χ1) is 12.0. The lowest BCUT2D eigenvalue weighted by Crippen LogP contribution is -2.50. The van der Waals surface area contributed by atoms with Crippen molar-refractivity contribution in [3.63, 3.8) is 0 Å². The van der Waals surface area contributed by atoms with Crippen molar-refractivity contribution in [3.8, 4) is 11.1 Å². The number of nitrogens with one attached hydrogen (secondary N) is 1. The number of benzene rings is 2. The van der Waals surface area contributed by atoms with Gasteiger partial charge >= 0.3 is 0 Å². The van der Waals surface area contributed by atoms with Gasteiger partial charge in [0.15, 0.2) is 0 Å². The van der Waals surface area contributed by atoms with E-state index in [0.717, 1.165) is 16.7 Å². The Morgan fingerprint density at radius 1 is 1.08 bits per heavy atom. The summed E-state index contributed by atoms with van der Waals surface area (Å²) in [6, 6.07) is 13.8. The van der Waals surface area contributed by atoms with Gasteiger partial charge in [-0.2, -0.15) is 0 Å². The van der Waals surface area contributed by atoms with Crippen LogP contribution in [-0.2, 0) is 9.53 Å². The molecule has 5 heteroatoms. The maximum absolute atomic E-state index is 13.0. The summed E-state index contributed by atoms with van der Waals surface area (Å²) in [5, 5.41) is 13.3. The summed E-state index contributed by atoms with van der Waals surface area (Å²) in [6.07, 6.45) is 0.629. The van der Waals surface area contributed by atoms with Gasteiger partial charge in [0.2, 0.25) is 0 Å². The second-order valence-electron chi connectivity index (χ2n) is 6.47. The summed E-state index contributed by atoms with van der Waals surface area (Å²) in [4.78, 5) is 12.4. The molecule has 0 spiro atoms. The molecule has 3 rings (SSSR count). The molecule has 0 aromatic heterocycles. The van der Waals surface area contributed by atoms with Crippen molar-refractivity contribution in [1.82, 2.24) is 5.32 Å². The van der Waals surface area contributed by atoms with Gasteiger partial charge in [-0.25, -0.2) is 4.39 Å². The van der Waals surface area contributed by atoms with Crippen LogP contribution in [0.1, 0.15) is 31.4 Å². The van der Waals surface area contributed by atoms with Crippen LogP contribution >= 0.6 is 0 Å². The Labute approximate surface area is 146 Å². The van der Waals surface area contributed by atoms with Crippen molar-refractivity contribution in [3.05, 3.63) is 59.9 Å². The minimum absolute atomic E-state index is 0.221. The molecule has 132 valence electrons. The molecular weight excluding hydrogens is 321 g/mol. The molecular formula is C20H22FNO3. The maximum Gasteiger partial charge on any atom is 0.252 e. The third kappa shape index (κ3) is 4.06. The third-order valence-electron chi connectivity index (χ3n) is 4.68. The van der Waals surface area contributed by atoms with Gasteiger partial charge in [0, 0.05) is 26.1 Å². The highest BCUT2D eigenvalue weighted by Crippen LogP contribution is 2.24. The van der Waals surface area contributed by atoms with E-state index in [1.54, 1.807) is 12.1 Å². The molecule has 0 aliphatic carbocycles. The molecule has 1 aliphatic heterocycles. The van der Waals surface area contributed by atoms with E-state index < -0.39 is 5.60 Å². The van der Waals surface area contributed by atoms with Gasteiger partial charge in [0.25, 0.3) is 5.91 Å².